The first-order chi connectivity index (χ1) is 16.6. The molecule has 4 fully saturated rings. The zero-order valence-corrected chi connectivity index (χ0v) is 21.2. The van der Waals surface area contributed by atoms with Crippen LogP contribution < -0.4 is 9.47 Å². The Morgan fingerprint density at radius 2 is 1.83 bits per heavy atom. The number of carbonyl (C=O) groups excluding carboxylic acids is 3. The molecule has 7 atom stereocenters. The molecular weight excluding hydrogens is 450 g/mol. The molecule has 0 bridgehead atoms. The molecule has 0 radical (unpaired) electrons. The Kier molecular flexibility index (Phi) is 5.57. The maximum atomic E-state index is 13.4. The number of amides is 1. The SMILES string of the molecule is COC(=O)N1C[C@@]23C(=O)CC[C@]2(OC(C)=O)[C@H]2C[C@@H]([C@H](C)COc4ccc(OC)cc4)C[C@@H]1[C@]23C. The van der Waals surface area contributed by atoms with Crippen molar-refractivity contribution in [3.05, 3.63) is 24.3 Å². The monoisotopic (exact) mass is 485 g/mol. The summed E-state index contributed by atoms with van der Waals surface area (Å²) in [6.07, 6.45) is 2.08. The summed E-state index contributed by atoms with van der Waals surface area (Å²) in [5.74, 6) is 1.74. The molecule has 0 aromatic heterocycles. The largest absolute Gasteiger partial charge is 0.497 e. The number of carbonyl (C=O) groups is 3. The van der Waals surface area contributed by atoms with Gasteiger partial charge in [0.15, 0.2) is 0 Å². The number of rotatable bonds is 6. The Balaban J connectivity index is 1.43. The molecule has 1 aromatic carbocycles. The number of fused-ring (bicyclic) bond motifs is 1. The standard InChI is InChI=1S/C27H35NO7/c1-16(14-34-20-8-6-19(32-4)7-9-20)18-12-21-25(3)22(13-18)28(24(31)33-5)15-26(25)23(30)10-11-27(21,26)35-17(2)29/h6-9,16,18,21-22H,10-15H2,1-5H3/t16-,18-,21+,22-,25+,26+,27+/m1/s1. The van der Waals surface area contributed by atoms with Crippen molar-refractivity contribution in [2.24, 2.45) is 28.6 Å². The maximum absolute atomic E-state index is 13.4. The molecule has 0 N–H and O–H groups in total. The molecule has 1 aromatic rings. The van der Waals surface area contributed by atoms with Crippen molar-refractivity contribution in [3.8, 4) is 11.5 Å². The smallest absolute Gasteiger partial charge is 0.409 e. The van der Waals surface area contributed by atoms with E-state index in [4.69, 9.17) is 18.9 Å². The Hall–Kier alpha value is -2.77. The summed E-state index contributed by atoms with van der Waals surface area (Å²) < 4.78 is 22.5. The summed E-state index contributed by atoms with van der Waals surface area (Å²) in [7, 11) is 3.01. The van der Waals surface area contributed by atoms with Gasteiger partial charge in [-0.25, -0.2) is 4.79 Å². The van der Waals surface area contributed by atoms with Gasteiger partial charge in [-0.2, -0.15) is 0 Å². The third-order valence-corrected chi connectivity index (χ3v) is 9.78. The Morgan fingerprint density at radius 3 is 2.46 bits per heavy atom. The van der Waals surface area contributed by atoms with Crippen LogP contribution in [0.1, 0.15) is 46.5 Å². The number of likely N-dealkylation sites (tertiary alicyclic amines) is 1. The van der Waals surface area contributed by atoms with Gasteiger partial charge in [0.05, 0.1) is 26.2 Å². The van der Waals surface area contributed by atoms with Crippen LogP contribution in [0.2, 0.25) is 0 Å². The maximum Gasteiger partial charge on any atom is 0.409 e. The molecule has 0 unspecified atom stereocenters. The van der Waals surface area contributed by atoms with Crippen LogP contribution in [0.5, 0.6) is 11.5 Å². The van der Waals surface area contributed by atoms with E-state index < -0.39 is 22.5 Å². The summed E-state index contributed by atoms with van der Waals surface area (Å²) in [6, 6.07) is 7.37. The Bertz CT molecular complexity index is 1040. The summed E-state index contributed by atoms with van der Waals surface area (Å²) >= 11 is 0. The lowest BCUT2D eigenvalue weighted by molar-refractivity contribution is -0.293. The van der Waals surface area contributed by atoms with Gasteiger partial charge in [0.1, 0.15) is 22.9 Å². The van der Waals surface area contributed by atoms with Crippen LogP contribution in [0.15, 0.2) is 24.3 Å². The van der Waals surface area contributed by atoms with E-state index in [1.807, 2.05) is 24.3 Å². The molecule has 1 saturated heterocycles. The minimum absolute atomic E-state index is 0.00666. The van der Waals surface area contributed by atoms with Gasteiger partial charge in [0.2, 0.25) is 0 Å². The topological polar surface area (TPSA) is 91.4 Å². The number of esters is 1. The number of methoxy groups -OCH3 is 2. The molecule has 3 aliphatic carbocycles. The summed E-state index contributed by atoms with van der Waals surface area (Å²) in [5, 5.41) is 0. The van der Waals surface area contributed by atoms with E-state index in [1.165, 1.54) is 14.0 Å². The van der Waals surface area contributed by atoms with Crippen molar-refractivity contribution in [1.29, 1.82) is 0 Å². The molecule has 5 rings (SSSR count). The quantitative estimate of drug-likeness (QED) is 0.565. The molecule has 1 heterocycles. The first kappa shape index (κ1) is 23.9. The molecular formula is C27H35NO7. The number of ketones is 1. The fraction of sp³-hybridized carbons (Fsp3) is 0.667. The molecule has 4 aliphatic rings. The molecule has 1 aliphatic heterocycles. The zero-order valence-electron chi connectivity index (χ0n) is 21.2. The Labute approximate surface area is 206 Å². The first-order valence-corrected chi connectivity index (χ1v) is 12.5. The van der Waals surface area contributed by atoms with Crippen LogP contribution in [0, 0.1) is 28.6 Å². The molecule has 8 nitrogen and oxygen atoms in total. The molecule has 1 amide bonds. The van der Waals surface area contributed by atoms with Crippen molar-refractivity contribution in [3.63, 3.8) is 0 Å². The van der Waals surface area contributed by atoms with E-state index in [-0.39, 0.29) is 42.1 Å². The number of hydrogen-bond donors (Lipinski definition) is 0. The lowest BCUT2D eigenvalue weighted by Crippen LogP contribution is -2.79. The number of ether oxygens (including phenoxy) is 4. The fourth-order valence-corrected chi connectivity index (χ4v) is 8.26. The summed E-state index contributed by atoms with van der Waals surface area (Å²) in [6.45, 7) is 6.49. The number of Topliss-reactive ketones (excluding diaryl/α,β-unsaturated/α-hetero) is 1. The van der Waals surface area contributed by atoms with Gasteiger partial charge in [-0.1, -0.05) is 13.8 Å². The van der Waals surface area contributed by atoms with Gasteiger partial charge in [0.25, 0.3) is 0 Å². The van der Waals surface area contributed by atoms with Crippen molar-refractivity contribution in [1.82, 2.24) is 4.90 Å². The summed E-state index contributed by atoms with van der Waals surface area (Å²) in [4.78, 5) is 40.3. The highest BCUT2D eigenvalue weighted by Gasteiger charge is 2.90. The van der Waals surface area contributed by atoms with Gasteiger partial charge >= 0.3 is 12.1 Å². The van der Waals surface area contributed by atoms with Gasteiger partial charge in [-0.05, 0) is 55.4 Å². The second kappa shape index (κ2) is 8.14. The van der Waals surface area contributed by atoms with Crippen LogP contribution in [0.3, 0.4) is 0 Å². The molecule has 8 heteroatoms. The van der Waals surface area contributed by atoms with E-state index in [1.54, 1.807) is 12.0 Å². The van der Waals surface area contributed by atoms with Crippen LogP contribution >= 0.6 is 0 Å². The minimum Gasteiger partial charge on any atom is -0.497 e. The number of nitrogens with zero attached hydrogens (tertiary/aromatic N) is 1. The zero-order chi connectivity index (χ0) is 25.2. The predicted octanol–water partition coefficient (Wildman–Crippen LogP) is 3.86. The lowest BCUT2D eigenvalue weighted by Gasteiger charge is -2.71. The van der Waals surface area contributed by atoms with E-state index in [0.717, 1.165) is 24.3 Å². The second-order valence-corrected chi connectivity index (χ2v) is 11.0. The molecule has 190 valence electrons. The highest BCUT2D eigenvalue weighted by Crippen LogP contribution is 2.81. The molecule has 3 saturated carbocycles. The highest BCUT2D eigenvalue weighted by molar-refractivity contribution is 5.94. The molecule has 1 spiro atoms. The first-order valence-electron chi connectivity index (χ1n) is 12.5. The van der Waals surface area contributed by atoms with E-state index in [0.29, 0.717) is 19.4 Å². The van der Waals surface area contributed by atoms with Gasteiger partial charge in [-0.3, -0.25) is 9.59 Å². The van der Waals surface area contributed by atoms with Crippen LogP contribution in [0.25, 0.3) is 0 Å². The average molecular weight is 486 g/mol. The van der Waals surface area contributed by atoms with Crippen LogP contribution in [0.4, 0.5) is 4.79 Å². The van der Waals surface area contributed by atoms with E-state index >= 15 is 0 Å². The van der Waals surface area contributed by atoms with Crippen molar-refractivity contribution >= 4 is 17.8 Å². The Morgan fingerprint density at radius 1 is 1.14 bits per heavy atom. The van der Waals surface area contributed by atoms with Crippen molar-refractivity contribution in [2.75, 3.05) is 27.4 Å². The van der Waals surface area contributed by atoms with Gasteiger partial charge in [0, 0.05) is 37.3 Å². The van der Waals surface area contributed by atoms with Gasteiger partial charge in [-0.15, -0.1) is 0 Å². The second-order valence-electron chi connectivity index (χ2n) is 11.0. The number of benzene rings is 1. The third kappa shape index (κ3) is 3.01. The molecule has 35 heavy (non-hydrogen) atoms. The predicted molar refractivity (Wildman–Crippen MR) is 126 cm³/mol. The van der Waals surface area contributed by atoms with E-state index in [2.05, 4.69) is 13.8 Å². The van der Waals surface area contributed by atoms with Gasteiger partial charge < -0.3 is 23.8 Å². The number of hydrogen-bond acceptors (Lipinski definition) is 7. The van der Waals surface area contributed by atoms with Crippen molar-refractivity contribution in [2.45, 2.75) is 58.1 Å². The summed E-state index contributed by atoms with van der Waals surface area (Å²) in [5.41, 5.74) is -2.12. The lowest BCUT2D eigenvalue weighted by atomic mass is 9.33. The third-order valence-electron chi connectivity index (χ3n) is 9.78. The normalized spacial score (nSPS) is 37.6. The highest BCUT2D eigenvalue weighted by atomic mass is 16.6. The van der Waals surface area contributed by atoms with Crippen LogP contribution in [-0.4, -0.2) is 61.8 Å². The van der Waals surface area contributed by atoms with E-state index in [9.17, 15) is 14.4 Å². The van der Waals surface area contributed by atoms with Crippen LogP contribution in [-0.2, 0) is 19.1 Å². The van der Waals surface area contributed by atoms with Crippen molar-refractivity contribution < 1.29 is 33.3 Å². The average Bonchev–Trinajstić information content (AvgIpc) is 3.27. The minimum atomic E-state index is -0.846. The fourth-order valence-electron chi connectivity index (χ4n) is 8.26.